The highest BCUT2D eigenvalue weighted by molar-refractivity contribution is 6.19. The molecular weight excluding hydrogens is 691 g/mol. The van der Waals surface area contributed by atoms with Crippen molar-refractivity contribution in [1.29, 1.82) is 5.41 Å². The fraction of sp³-hybridized carbons (Fsp3) is 0.0408. The predicted molar refractivity (Wildman–Crippen MR) is 222 cm³/mol. The van der Waals surface area contributed by atoms with Crippen molar-refractivity contribution < 1.29 is 9.15 Å². The standard InChI is InChI=1S/C49H33N5O2/c50-46(51-44(31-15-4-1-5-16-31)42-30-35-21-10-11-27-40(35)55-42)39-26-14-28-41-43(39)38-25-13-24-37(45(38)56-41)34-22-12-23-36(29-34)49-53-47(32-17-6-2-7-18-32)52-48(54-49)33-19-8-3-9-20-33/h1-30,41,43,50H. The van der Waals surface area contributed by atoms with E-state index in [1.807, 2.05) is 146 Å². The van der Waals surface area contributed by atoms with Gasteiger partial charge in [0.25, 0.3) is 0 Å². The van der Waals surface area contributed by atoms with Crippen LogP contribution >= 0.6 is 0 Å². The summed E-state index contributed by atoms with van der Waals surface area (Å²) in [4.78, 5) is 19.8. The van der Waals surface area contributed by atoms with Crippen LogP contribution in [-0.2, 0) is 0 Å². The van der Waals surface area contributed by atoms with Crippen LogP contribution in [0.4, 0.5) is 0 Å². The Balaban J connectivity index is 1.02. The molecule has 1 aliphatic heterocycles. The Hall–Kier alpha value is -7.51. The van der Waals surface area contributed by atoms with Crippen LogP contribution in [-0.4, -0.2) is 32.6 Å². The van der Waals surface area contributed by atoms with E-state index in [2.05, 4.69) is 36.4 Å². The molecular formula is C49H33N5O2. The van der Waals surface area contributed by atoms with Gasteiger partial charge in [-0.1, -0.05) is 158 Å². The zero-order chi connectivity index (χ0) is 37.4. The number of aromatic nitrogens is 3. The van der Waals surface area contributed by atoms with Crippen molar-refractivity contribution in [3.63, 3.8) is 0 Å². The third-order valence-corrected chi connectivity index (χ3v) is 10.2. The van der Waals surface area contributed by atoms with Crippen LogP contribution in [0.5, 0.6) is 5.75 Å². The molecule has 3 heterocycles. The van der Waals surface area contributed by atoms with E-state index in [0.717, 1.165) is 61.2 Å². The highest BCUT2D eigenvalue weighted by Crippen LogP contribution is 2.49. The molecule has 0 radical (unpaired) electrons. The van der Waals surface area contributed by atoms with E-state index >= 15 is 0 Å². The van der Waals surface area contributed by atoms with Gasteiger partial charge in [-0.2, -0.15) is 0 Å². The number of para-hydroxylation sites is 2. The van der Waals surface area contributed by atoms with E-state index in [-0.39, 0.29) is 17.9 Å². The van der Waals surface area contributed by atoms with Crippen molar-refractivity contribution in [2.45, 2.75) is 12.0 Å². The molecule has 2 atom stereocenters. The van der Waals surface area contributed by atoms with Crippen molar-refractivity contribution in [3.8, 4) is 51.0 Å². The van der Waals surface area contributed by atoms with Gasteiger partial charge in [0, 0.05) is 44.3 Å². The first-order chi connectivity index (χ1) is 27.7. The number of rotatable bonds is 7. The quantitative estimate of drug-likeness (QED) is 0.130. The van der Waals surface area contributed by atoms with E-state index in [1.54, 1.807) is 0 Å². The molecule has 0 saturated carbocycles. The lowest BCUT2D eigenvalue weighted by Gasteiger charge is -2.21. The zero-order valence-corrected chi connectivity index (χ0v) is 30.1. The van der Waals surface area contributed by atoms with Gasteiger partial charge in [-0.05, 0) is 29.8 Å². The molecule has 0 fully saturated rings. The number of aliphatic imine (C=N–C) groups is 1. The summed E-state index contributed by atoms with van der Waals surface area (Å²) in [5.41, 5.74) is 8.66. The van der Waals surface area contributed by atoms with Crippen molar-refractivity contribution in [2.24, 2.45) is 4.99 Å². The molecule has 0 spiro atoms. The molecule has 10 rings (SSSR count). The summed E-state index contributed by atoms with van der Waals surface area (Å²) in [6.07, 6.45) is 5.71. The smallest absolute Gasteiger partial charge is 0.164 e. The first kappa shape index (κ1) is 33.1. The van der Waals surface area contributed by atoms with Crippen molar-refractivity contribution in [1.82, 2.24) is 15.0 Å². The Labute approximate surface area is 323 Å². The average molecular weight is 724 g/mol. The van der Waals surface area contributed by atoms with Crippen molar-refractivity contribution in [3.05, 3.63) is 204 Å². The van der Waals surface area contributed by atoms with Gasteiger partial charge in [0.05, 0.1) is 5.92 Å². The number of fused-ring (bicyclic) bond motifs is 4. The maximum atomic E-state index is 9.43. The molecule has 2 aliphatic rings. The van der Waals surface area contributed by atoms with Crippen molar-refractivity contribution in [2.75, 3.05) is 0 Å². The summed E-state index contributed by atoms with van der Waals surface area (Å²) >= 11 is 0. The maximum Gasteiger partial charge on any atom is 0.164 e. The molecule has 6 aromatic carbocycles. The van der Waals surface area contributed by atoms with Crippen LogP contribution in [0.2, 0.25) is 0 Å². The molecule has 1 N–H and O–H groups in total. The Morgan fingerprint density at radius 3 is 1.91 bits per heavy atom. The van der Waals surface area contributed by atoms with Gasteiger partial charge >= 0.3 is 0 Å². The Morgan fingerprint density at radius 1 is 0.589 bits per heavy atom. The van der Waals surface area contributed by atoms with Crippen LogP contribution in [0.1, 0.15) is 22.8 Å². The highest BCUT2D eigenvalue weighted by Gasteiger charge is 2.39. The molecule has 266 valence electrons. The lowest BCUT2D eigenvalue weighted by Crippen LogP contribution is -2.23. The summed E-state index contributed by atoms with van der Waals surface area (Å²) in [5, 5.41) is 10.4. The number of furan rings is 1. The van der Waals surface area contributed by atoms with Gasteiger partial charge in [-0.15, -0.1) is 0 Å². The monoisotopic (exact) mass is 723 g/mol. The SMILES string of the molecule is N=C(N=C(c1ccccc1)c1cc2ccccc2o1)C1=CC=CC2Oc3c(-c4cccc(-c5nc(-c6ccccc6)nc(-c6ccccc6)n5)c4)cccc3C12. The van der Waals surface area contributed by atoms with Crippen LogP contribution in [0, 0.1) is 5.41 Å². The summed E-state index contributed by atoms with van der Waals surface area (Å²) < 4.78 is 13.0. The number of allylic oxidation sites excluding steroid dienone is 2. The average Bonchev–Trinajstić information content (AvgIpc) is 3.88. The van der Waals surface area contributed by atoms with Gasteiger partial charge in [-0.3, -0.25) is 5.41 Å². The minimum Gasteiger partial charge on any atom is -0.484 e. The topological polar surface area (TPSA) is 97.2 Å². The number of amidine groups is 1. The second-order valence-electron chi connectivity index (χ2n) is 13.7. The number of hydrogen-bond acceptors (Lipinski definition) is 6. The lowest BCUT2D eigenvalue weighted by molar-refractivity contribution is 0.267. The minimum atomic E-state index is -0.290. The van der Waals surface area contributed by atoms with E-state index in [9.17, 15) is 5.41 Å². The molecule has 1 aliphatic carbocycles. The molecule has 7 heteroatoms. The van der Waals surface area contributed by atoms with E-state index in [0.29, 0.717) is 28.9 Å². The summed E-state index contributed by atoms with van der Waals surface area (Å²) in [7, 11) is 0. The first-order valence-corrected chi connectivity index (χ1v) is 18.5. The Morgan fingerprint density at radius 2 is 1.20 bits per heavy atom. The summed E-state index contributed by atoms with van der Waals surface area (Å²) in [5.74, 6) is 3.15. The van der Waals surface area contributed by atoms with Gasteiger partial charge in [0.15, 0.2) is 23.2 Å². The minimum absolute atomic E-state index is 0.158. The van der Waals surface area contributed by atoms with Crippen LogP contribution in [0.15, 0.2) is 197 Å². The molecule has 0 saturated heterocycles. The van der Waals surface area contributed by atoms with Gasteiger partial charge in [0.1, 0.15) is 29.0 Å². The second kappa shape index (κ2) is 14.0. The number of nitrogens with zero attached hydrogens (tertiary/aromatic N) is 4. The van der Waals surface area contributed by atoms with Crippen LogP contribution in [0.25, 0.3) is 56.3 Å². The summed E-state index contributed by atoms with van der Waals surface area (Å²) in [6, 6.07) is 54.2. The number of benzene rings is 6. The molecule has 2 unspecified atom stereocenters. The third kappa shape index (κ3) is 6.11. The fourth-order valence-electron chi connectivity index (χ4n) is 7.53. The van der Waals surface area contributed by atoms with Gasteiger partial charge in [0.2, 0.25) is 0 Å². The van der Waals surface area contributed by atoms with Crippen LogP contribution < -0.4 is 4.74 Å². The largest absolute Gasteiger partial charge is 0.484 e. The normalized spacial score (nSPS) is 15.9. The highest BCUT2D eigenvalue weighted by atomic mass is 16.5. The summed E-state index contributed by atoms with van der Waals surface area (Å²) in [6.45, 7) is 0. The fourth-order valence-corrected chi connectivity index (χ4v) is 7.53. The maximum absolute atomic E-state index is 9.43. The van der Waals surface area contributed by atoms with E-state index < -0.39 is 0 Å². The first-order valence-electron chi connectivity index (χ1n) is 18.5. The second-order valence-corrected chi connectivity index (χ2v) is 13.7. The van der Waals surface area contributed by atoms with Gasteiger partial charge in [-0.25, -0.2) is 19.9 Å². The number of hydrogen-bond donors (Lipinski definition) is 1. The van der Waals surface area contributed by atoms with Gasteiger partial charge < -0.3 is 9.15 Å². The third-order valence-electron chi connectivity index (χ3n) is 10.2. The van der Waals surface area contributed by atoms with E-state index in [4.69, 9.17) is 29.1 Å². The van der Waals surface area contributed by atoms with E-state index in [1.165, 1.54) is 0 Å². The zero-order valence-electron chi connectivity index (χ0n) is 30.1. The Bertz CT molecular complexity index is 2770. The number of ether oxygens (including phenoxy) is 1. The molecule has 0 bridgehead atoms. The lowest BCUT2D eigenvalue weighted by atomic mass is 9.83. The molecule has 0 amide bonds. The molecule has 7 nitrogen and oxygen atoms in total. The molecule has 56 heavy (non-hydrogen) atoms. The van der Waals surface area contributed by atoms with Crippen molar-refractivity contribution >= 4 is 22.5 Å². The van der Waals surface area contributed by atoms with Crippen LogP contribution in [0.3, 0.4) is 0 Å². The Kier molecular flexibility index (Phi) is 8.30. The number of nitrogens with one attached hydrogen (secondary N) is 1. The predicted octanol–water partition coefficient (Wildman–Crippen LogP) is 11.1. The molecule has 8 aromatic rings. The molecule has 2 aromatic heterocycles.